The summed E-state index contributed by atoms with van der Waals surface area (Å²) in [4.78, 5) is 0. The zero-order valence-electron chi connectivity index (χ0n) is 4.54. The van der Waals surface area contributed by atoms with E-state index < -0.39 is 0 Å². The van der Waals surface area contributed by atoms with Gasteiger partial charge in [-0.2, -0.15) is 0 Å². The van der Waals surface area contributed by atoms with Crippen molar-refractivity contribution in [3.8, 4) is 0 Å². The lowest BCUT2D eigenvalue weighted by Crippen LogP contribution is -1.92. The van der Waals surface area contributed by atoms with Gasteiger partial charge in [0.1, 0.15) is 0 Å². The van der Waals surface area contributed by atoms with Gasteiger partial charge in [0.05, 0.1) is 4.58 Å². The second-order valence-corrected chi connectivity index (χ2v) is 3.97. The van der Waals surface area contributed by atoms with Gasteiger partial charge in [0.15, 0.2) is 0 Å². The first kappa shape index (κ1) is 6.30. The summed E-state index contributed by atoms with van der Waals surface area (Å²) >= 11 is 3.75. The molecule has 0 fully saturated rings. The smallest absolute Gasteiger partial charge is 0.0723 e. The Kier molecular flexibility index (Phi) is 2.56. The van der Waals surface area contributed by atoms with Gasteiger partial charge in [-0.3, -0.25) is 0 Å². The molecule has 0 amide bonds. The third-order valence-electron chi connectivity index (χ3n) is 0.858. The minimum absolute atomic E-state index is 0.597. The lowest BCUT2D eigenvalue weighted by atomic mass is 10.7. The SMILES string of the molecule is C=CC1SC=CCS1. The lowest BCUT2D eigenvalue weighted by Gasteiger charge is -2.10. The molecular weight excluding hydrogens is 136 g/mol. The molecule has 0 aromatic heterocycles. The zero-order chi connectivity index (χ0) is 5.82. The molecule has 1 unspecified atom stereocenters. The Hall–Kier alpha value is 0.180. The molecule has 0 aromatic rings. The number of hydrogen-bond donors (Lipinski definition) is 0. The molecule has 0 radical (unpaired) electrons. The quantitative estimate of drug-likeness (QED) is 0.519. The second-order valence-electron chi connectivity index (χ2n) is 1.45. The molecule has 1 atom stereocenters. The van der Waals surface area contributed by atoms with E-state index in [9.17, 15) is 0 Å². The first-order chi connectivity index (χ1) is 3.93. The Labute approximate surface area is 58.4 Å². The number of rotatable bonds is 1. The minimum Gasteiger partial charge on any atom is -0.139 e. The van der Waals surface area contributed by atoms with Gasteiger partial charge in [0, 0.05) is 5.75 Å². The van der Waals surface area contributed by atoms with E-state index >= 15 is 0 Å². The maximum Gasteiger partial charge on any atom is 0.0723 e. The van der Waals surface area contributed by atoms with Crippen molar-refractivity contribution < 1.29 is 0 Å². The van der Waals surface area contributed by atoms with E-state index in [1.807, 2.05) is 29.6 Å². The highest BCUT2D eigenvalue weighted by Gasteiger charge is 2.03. The molecule has 44 valence electrons. The van der Waals surface area contributed by atoms with Gasteiger partial charge in [0.25, 0.3) is 0 Å². The molecular formula is C6H8S2. The van der Waals surface area contributed by atoms with Crippen molar-refractivity contribution in [1.29, 1.82) is 0 Å². The van der Waals surface area contributed by atoms with Crippen LogP contribution in [0.15, 0.2) is 24.1 Å². The molecule has 0 bridgehead atoms. The molecule has 0 aromatic carbocycles. The number of thioether (sulfide) groups is 2. The largest absolute Gasteiger partial charge is 0.139 e. The summed E-state index contributed by atoms with van der Waals surface area (Å²) in [5.74, 6) is 1.14. The minimum atomic E-state index is 0.597. The van der Waals surface area contributed by atoms with Crippen molar-refractivity contribution in [3.05, 3.63) is 24.1 Å². The first-order valence-corrected chi connectivity index (χ1v) is 4.47. The third kappa shape index (κ3) is 1.60. The van der Waals surface area contributed by atoms with Crippen molar-refractivity contribution in [2.45, 2.75) is 4.58 Å². The maximum absolute atomic E-state index is 3.71. The van der Waals surface area contributed by atoms with Crippen LogP contribution in [0.2, 0.25) is 0 Å². The van der Waals surface area contributed by atoms with E-state index in [4.69, 9.17) is 0 Å². The topological polar surface area (TPSA) is 0 Å². The Morgan fingerprint density at radius 3 is 3.00 bits per heavy atom. The second kappa shape index (κ2) is 3.25. The van der Waals surface area contributed by atoms with Crippen LogP contribution in [0.5, 0.6) is 0 Å². The lowest BCUT2D eigenvalue weighted by molar-refractivity contribution is 1.63. The summed E-state index contributed by atoms with van der Waals surface area (Å²) in [6.45, 7) is 3.71. The van der Waals surface area contributed by atoms with E-state index in [1.54, 1.807) is 0 Å². The molecule has 1 aliphatic rings. The molecule has 2 heteroatoms. The molecule has 1 heterocycles. The third-order valence-corrected chi connectivity index (χ3v) is 3.32. The Morgan fingerprint density at radius 1 is 1.75 bits per heavy atom. The van der Waals surface area contributed by atoms with Gasteiger partial charge in [0.2, 0.25) is 0 Å². The first-order valence-electron chi connectivity index (χ1n) is 2.48. The average Bonchev–Trinajstić information content (AvgIpc) is 1.90. The van der Waals surface area contributed by atoms with Crippen molar-refractivity contribution in [2.24, 2.45) is 0 Å². The summed E-state index contributed by atoms with van der Waals surface area (Å²) in [5.41, 5.74) is 0. The molecule has 8 heavy (non-hydrogen) atoms. The van der Waals surface area contributed by atoms with E-state index in [0.717, 1.165) is 5.75 Å². The van der Waals surface area contributed by atoms with E-state index in [1.165, 1.54) is 0 Å². The Bertz CT molecular complexity index is 107. The van der Waals surface area contributed by atoms with Crippen LogP contribution in [0.1, 0.15) is 0 Å². The van der Waals surface area contributed by atoms with Crippen LogP contribution in [0, 0.1) is 0 Å². The van der Waals surface area contributed by atoms with Gasteiger partial charge in [-0.05, 0) is 5.41 Å². The standard InChI is InChI=1S/C6H8S2/c1-2-6-7-4-3-5-8-6/h2-4,6H,1,5H2. The van der Waals surface area contributed by atoms with Crippen molar-refractivity contribution in [1.82, 2.24) is 0 Å². The summed E-state index contributed by atoms with van der Waals surface area (Å²) in [6, 6.07) is 0. The van der Waals surface area contributed by atoms with E-state index in [-0.39, 0.29) is 0 Å². The molecule has 0 spiro atoms. The molecule has 0 aliphatic carbocycles. The predicted molar refractivity (Wildman–Crippen MR) is 43.2 cm³/mol. The van der Waals surface area contributed by atoms with Crippen LogP contribution in [0.25, 0.3) is 0 Å². The van der Waals surface area contributed by atoms with Crippen LogP contribution >= 0.6 is 23.5 Å². The summed E-state index contributed by atoms with van der Waals surface area (Å²) in [7, 11) is 0. The summed E-state index contributed by atoms with van der Waals surface area (Å²) < 4.78 is 0.597. The summed E-state index contributed by atoms with van der Waals surface area (Å²) in [6.07, 6.45) is 4.16. The van der Waals surface area contributed by atoms with Gasteiger partial charge in [-0.25, -0.2) is 0 Å². The van der Waals surface area contributed by atoms with Gasteiger partial charge < -0.3 is 0 Å². The molecule has 0 saturated heterocycles. The van der Waals surface area contributed by atoms with Crippen LogP contribution in [0.3, 0.4) is 0 Å². The molecule has 0 nitrogen and oxygen atoms in total. The fourth-order valence-corrected chi connectivity index (χ4v) is 2.36. The highest BCUT2D eigenvalue weighted by atomic mass is 32.2. The van der Waals surface area contributed by atoms with Crippen LogP contribution in [-0.2, 0) is 0 Å². The predicted octanol–water partition coefficient (Wildman–Crippen LogP) is 2.49. The van der Waals surface area contributed by atoms with Crippen molar-refractivity contribution in [2.75, 3.05) is 5.75 Å². The van der Waals surface area contributed by atoms with Gasteiger partial charge in [-0.15, -0.1) is 30.1 Å². The Morgan fingerprint density at radius 2 is 2.62 bits per heavy atom. The Balaban J connectivity index is 2.37. The van der Waals surface area contributed by atoms with Crippen LogP contribution < -0.4 is 0 Å². The molecule has 0 N–H and O–H groups in total. The van der Waals surface area contributed by atoms with E-state index in [2.05, 4.69) is 18.1 Å². The normalized spacial score (nSPS) is 27.8. The summed E-state index contributed by atoms with van der Waals surface area (Å²) in [5, 5.41) is 2.14. The van der Waals surface area contributed by atoms with E-state index in [0.29, 0.717) is 4.58 Å². The highest BCUT2D eigenvalue weighted by molar-refractivity contribution is 8.19. The average molecular weight is 144 g/mol. The van der Waals surface area contributed by atoms with Crippen molar-refractivity contribution >= 4 is 23.5 Å². The van der Waals surface area contributed by atoms with Crippen LogP contribution in [0.4, 0.5) is 0 Å². The van der Waals surface area contributed by atoms with Gasteiger partial charge >= 0.3 is 0 Å². The maximum atomic E-state index is 3.71. The molecule has 1 rings (SSSR count). The fraction of sp³-hybridized carbons (Fsp3) is 0.333. The highest BCUT2D eigenvalue weighted by Crippen LogP contribution is 2.29. The van der Waals surface area contributed by atoms with Crippen LogP contribution in [-0.4, -0.2) is 10.3 Å². The fourth-order valence-electron chi connectivity index (χ4n) is 0.486. The molecule has 1 aliphatic heterocycles. The zero-order valence-corrected chi connectivity index (χ0v) is 6.17. The number of hydrogen-bond acceptors (Lipinski definition) is 2. The van der Waals surface area contributed by atoms with Crippen molar-refractivity contribution in [3.63, 3.8) is 0 Å². The molecule has 0 saturated carbocycles. The van der Waals surface area contributed by atoms with Gasteiger partial charge in [-0.1, -0.05) is 12.2 Å². The monoisotopic (exact) mass is 144 g/mol.